The number of fused-ring (bicyclic) bond motifs is 1. The third-order valence-electron chi connectivity index (χ3n) is 6.83. The van der Waals surface area contributed by atoms with Gasteiger partial charge in [-0.05, 0) is 75.5 Å². The first kappa shape index (κ1) is 26.0. The fourth-order valence-electron chi connectivity index (χ4n) is 4.89. The lowest BCUT2D eigenvalue weighted by atomic mass is 9.95. The van der Waals surface area contributed by atoms with Crippen molar-refractivity contribution in [3.63, 3.8) is 0 Å². The van der Waals surface area contributed by atoms with Crippen LogP contribution >= 0.6 is 0 Å². The largest absolute Gasteiger partial charge is 0.370 e. The molecule has 8 N–H and O–H groups in total. The first-order valence-electron chi connectivity index (χ1n) is 13.0. The molecular formula is C26H39N9O. The van der Waals surface area contributed by atoms with Crippen LogP contribution in [0.2, 0.25) is 0 Å². The summed E-state index contributed by atoms with van der Waals surface area (Å²) in [6.07, 6.45) is 5.37. The van der Waals surface area contributed by atoms with Crippen molar-refractivity contribution in [1.82, 2.24) is 15.2 Å². The number of carbonyl (C=O) groups is 1. The molecule has 2 atom stereocenters. The fourth-order valence-corrected chi connectivity index (χ4v) is 4.89. The minimum absolute atomic E-state index is 0.123. The van der Waals surface area contributed by atoms with Gasteiger partial charge in [0, 0.05) is 31.2 Å². The maximum absolute atomic E-state index is 12.8. The highest BCUT2D eigenvalue weighted by molar-refractivity contribution is 5.84. The van der Waals surface area contributed by atoms with Gasteiger partial charge in [0.25, 0.3) is 5.91 Å². The van der Waals surface area contributed by atoms with E-state index in [4.69, 9.17) is 22.2 Å². The van der Waals surface area contributed by atoms with Gasteiger partial charge in [-0.2, -0.15) is 4.99 Å². The van der Waals surface area contributed by atoms with Gasteiger partial charge < -0.3 is 32.4 Å². The molecule has 2 aromatic rings. The van der Waals surface area contributed by atoms with E-state index >= 15 is 0 Å². The Hall–Kier alpha value is -3.08. The summed E-state index contributed by atoms with van der Waals surface area (Å²) in [6.45, 7) is 6.16. The number of hydrogen-bond donors (Lipinski definition) is 5. The molecule has 3 heterocycles. The maximum atomic E-state index is 12.8. The monoisotopic (exact) mass is 493 g/mol. The SMILES string of the molecule is NCCCCN1CCCC(c2cc3c([nH]2)=NC(=O)C(c2ccc(CNCCCN=C(N)N)cc2)N=3)C1. The number of likely N-dealkylation sites (tertiary alicyclic amines) is 1. The molecule has 194 valence electrons. The van der Waals surface area contributed by atoms with E-state index in [1.54, 1.807) is 0 Å². The van der Waals surface area contributed by atoms with Crippen LogP contribution in [0.4, 0.5) is 0 Å². The molecule has 4 rings (SSSR count). The first-order valence-corrected chi connectivity index (χ1v) is 13.0. The van der Waals surface area contributed by atoms with Crippen molar-refractivity contribution in [2.24, 2.45) is 32.2 Å². The Kier molecular flexibility index (Phi) is 9.21. The first-order chi connectivity index (χ1) is 17.5. The van der Waals surface area contributed by atoms with Crippen molar-refractivity contribution in [2.45, 2.75) is 50.6 Å². The molecule has 0 bridgehead atoms. The summed E-state index contributed by atoms with van der Waals surface area (Å²) in [6, 6.07) is 9.49. The highest BCUT2D eigenvalue weighted by atomic mass is 16.1. The van der Waals surface area contributed by atoms with Crippen molar-refractivity contribution in [3.8, 4) is 0 Å². The summed E-state index contributed by atoms with van der Waals surface area (Å²) in [5.41, 5.74) is 20.0. The third kappa shape index (κ3) is 6.99. The van der Waals surface area contributed by atoms with E-state index < -0.39 is 6.04 Å². The number of aromatic nitrogens is 1. The van der Waals surface area contributed by atoms with E-state index in [1.165, 1.54) is 6.42 Å². The summed E-state index contributed by atoms with van der Waals surface area (Å²) in [5.74, 6) is 0.304. The Morgan fingerprint density at radius 1 is 1.19 bits per heavy atom. The van der Waals surface area contributed by atoms with Crippen LogP contribution in [0.5, 0.6) is 0 Å². The normalized spacial score (nSPS) is 19.9. The molecule has 1 fully saturated rings. The molecule has 2 unspecified atom stereocenters. The highest BCUT2D eigenvalue weighted by Gasteiger charge is 2.26. The van der Waals surface area contributed by atoms with Gasteiger partial charge >= 0.3 is 0 Å². The van der Waals surface area contributed by atoms with Gasteiger partial charge in [-0.1, -0.05) is 24.3 Å². The zero-order valence-electron chi connectivity index (χ0n) is 21.0. The van der Waals surface area contributed by atoms with Crippen molar-refractivity contribution in [3.05, 3.63) is 58.0 Å². The second-order valence-electron chi connectivity index (χ2n) is 9.65. The molecule has 1 amide bonds. The Balaban J connectivity index is 1.37. The molecule has 2 aliphatic heterocycles. The number of H-pyrrole nitrogens is 1. The highest BCUT2D eigenvalue weighted by Crippen LogP contribution is 2.25. The van der Waals surface area contributed by atoms with Gasteiger partial charge in [-0.25, -0.2) is 0 Å². The predicted octanol–water partition coefficient (Wildman–Crippen LogP) is 0.207. The van der Waals surface area contributed by atoms with Gasteiger partial charge in [0.2, 0.25) is 0 Å². The lowest BCUT2D eigenvalue weighted by molar-refractivity contribution is -0.119. The van der Waals surface area contributed by atoms with E-state index in [-0.39, 0.29) is 11.9 Å². The molecule has 10 nitrogen and oxygen atoms in total. The molecule has 1 aromatic heterocycles. The average Bonchev–Trinajstić information content (AvgIpc) is 3.29. The summed E-state index contributed by atoms with van der Waals surface area (Å²) < 4.78 is 0. The standard InChI is InChI=1S/C26H39N9O/c27-10-1-2-13-35-14-3-5-20(17-35)21-15-22-24(33-21)34-25(36)23(32-22)19-8-6-18(7-9-19)16-30-11-4-12-31-26(28)29/h6-9,15,20,23,30H,1-5,10-14,16-17,27H2,(H4,28,29,31)(H,33,34,36). The number of guanidine groups is 1. The summed E-state index contributed by atoms with van der Waals surface area (Å²) in [5, 5.41) is 4.15. The van der Waals surface area contributed by atoms with Crippen LogP contribution in [-0.2, 0) is 11.3 Å². The van der Waals surface area contributed by atoms with Gasteiger partial charge in [0.1, 0.15) is 5.36 Å². The number of aromatic amines is 1. The summed E-state index contributed by atoms with van der Waals surface area (Å²) in [7, 11) is 0. The molecule has 0 saturated carbocycles. The van der Waals surface area contributed by atoms with Crippen molar-refractivity contribution >= 4 is 11.9 Å². The fraction of sp³-hybridized carbons (Fsp3) is 0.538. The maximum Gasteiger partial charge on any atom is 0.277 e. The minimum atomic E-state index is -0.596. The van der Waals surface area contributed by atoms with Gasteiger partial charge in [-0.3, -0.25) is 14.8 Å². The van der Waals surface area contributed by atoms with Gasteiger partial charge in [0.15, 0.2) is 17.5 Å². The zero-order chi connectivity index (χ0) is 25.3. The minimum Gasteiger partial charge on any atom is -0.370 e. The Labute approximate surface area is 212 Å². The predicted molar refractivity (Wildman–Crippen MR) is 141 cm³/mol. The number of amides is 1. The smallest absolute Gasteiger partial charge is 0.277 e. The molecule has 0 radical (unpaired) electrons. The average molecular weight is 494 g/mol. The Bertz CT molecular complexity index is 1150. The van der Waals surface area contributed by atoms with E-state index in [0.717, 1.165) is 87.1 Å². The van der Waals surface area contributed by atoms with E-state index in [0.29, 0.717) is 18.0 Å². The number of carbonyl (C=O) groups excluding carboxylic acids is 1. The molecule has 2 aliphatic rings. The number of nitrogens with zero attached hydrogens (tertiary/aromatic N) is 4. The summed E-state index contributed by atoms with van der Waals surface area (Å²) in [4.78, 5) is 31.8. The van der Waals surface area contributed by atoms with E-state index in [9.17, 15) is 4.79 Å². The van der Waals surface area contributed by atoms with Crippen LogP contribution in [0.15, 0.2) is 45.3 Å². The van der Waals surface area contributed by atoms with Crippen LogP contribution in [0, 0.1) is 0 Å². The number of unbranched alkanes of at least 4 members (excludes halogenated alkanes) is 1. The number of nitrogens with one attached hydrogen (secondary N) is 2. The molecule has 10 heteroatoms. The number of benzene rings is 1. The molecule has 0 spiro atoms. The summed E-state index contributed by atoms with van der Waals surface area (Å²) >= 11 is 0. The molecule has 1 aromatic carbocycles. The van der Waals surface area contributed by atoms with Crippen LogP contribution in [0.25, 0.3) is 0 Å². The molecule has 1 saturated heterocycles. The van der Waals surface area contributed by atoms with E-state index in [1.807, 2.05) is 24.3 Å². The van der Waals surface area contributed by atoms with Crippen LogP contribution in [0.1, 0.15) is 60.9 Å². The van der Waals surface area contributed by atoms with Crippen LogP contribution in [0.3, 0.4) is 0 Å². The molecule has 36 heavy (non-hydrogen) atoms. The second-order valence-corrected chi connectivity index (χ2v) is 9.65. The number of nitrogens with two attached hydrogens (primary N) is 3. The topological polar surface area (TPSA) is 163 Å². The molecule has 0 aliphatic carbocycles. The number of hydrogen-bond acceptors (Lipinski definition) is 6. The van der Waals surface area contributed by atoms with Gasteiger partial charge in [0.05, 0.1) is 0 Å². The van der Waals surface area contributed by atoms with Crippen molar-refractivity contribution in [2.75, 3.05) is 39.3 Å². The lowest BCUT2D eigenvalue weighted by Gasteiger charge is -2.32. The van der Waals surface area contributed by atoms with Crippen molar-refractivity contribution < 1.29 is 4.79 Å². The quantitative estimate of drug-likeness (QED) is 0.161. The number of rotatable bonds is 12. The Morgan fingerprint density at radius 3 is 2.81 bits per heavy atom. The van der Waals surface area contributed by atoms with E-state index in [2.05, 4.69) is 31.3 Å². The third-order valence-corrected chi connectivity index (χ3v) is 6.83. The van der Waals surface area contributed by atoms with Crippen LogP contribution < -0.4 is 33.4 Å². The van der Waals surface area contributed by atoms with Crippen molar-refractivity contribution in [1.29, 1.82) is 0 Å². The number of piperidine rings is 1. The lowest BCUT2D eigenvalue weighted by Crippen LogP contribution is -2.35. The second kappa shape index (κ2) is 12.8. The Morgan fingerprint density at radius 2 is 2.03 bits per heavy atom. The molecular weight excluding hydrogens is 454 g/mol. The number of aliphatic imine (C=N–C) groups is 1. The van der Waals surface area contributed by atoms with Gasteiger partial charge in [-0.15, -0.1) is 0 Å². The van der Waals surface area contributed by atoms with Crippen LogP contribution in [-0.4, -0.2) is 61.0 Å². The zero-order valence-corrected chi connectivity index (χ0v) is 21.0.